The largest absolute Gasteiger partial charge is 0.467 e. The van der Waals surface area contributed by atoms with Crippen LogP contribution in [0.25, 0.3) is 10.7 Å². The van der Waals surface area contributed by atoms with Crippen molar-refractivity contribution in [2.75, 3.05) is 6.54 Å². The van der Waals surface area contributed by atoms with Gasteiger partial charge in [-0.05, 0) is 31.2 Å². The molecule has 1 unspecified atom stereocenters. The highest BCUT2D eigenvalue weighted by atomic mass is 32.1. The van der Waals surface area contributed by atoms with Gasteiger partial charge in [0.1, 0.15) is 21.7 Å². The lowest BCUT2D eigenvalue weighted by atomic mass is 10.2. The Hall–Kier alpha value is -2.51. The van der Waals surface area contributed by atoms with Crippen molar-refractivity contribution in [3.05, 3.63) is 59.1 Å². The van der Waals surface area contributed by atoms with Crippen molar-refractivity contribution < 1.29 is 14.3 Å². The predicted octanol–water partition coefficient (Wildman–Crippen LogP) is 2.57. The van der Waals surface area contributed by atoms with Gasteiger partial charge in [0, 0.05) is 6.20 Å². The van der Waals surface area contributed by atoms with Crippen LogP contribution < -0.4 is 5.32 Å². The molecule has 118 valence electrons. The van der Waals surface area contributed by atoms with Crippen LogP contribution in [0, 0.1) is 6.92 Å². The van der Waals surface area contributed by atoms with Crippen LogP contribution in [0.15, 0.2) is 47.2 Å². The second-order valence-electron chi connectivity index (χ2n) is 4.89. The molecule has 0 aromatic carbocycles. The molecule has 0 saturated carbocycles. The number of carbonyl (C=O) groups excluding carboxylic acids is 1. The number of aliphatic hydroxyl groups is 1. The summed E-state index contributed by atoms with van der Waals surface area (Å²) in [6.07, 6.45) is 2.29. The summed E-state index contributed by atoms with van der Waals surface area (Å²) in [6.45, 7) is 1.85. The van der Waals surface area contributed by atoms with Crippen LogP contribution in [-0.2, 0) is 0 Å². The average molecular weight is 329 g/mol. The molecule has 0 aliphatic rings. The van der Waals surface area contributed by atoms with Gasteiger partial charge in [-0.25, -0.2) is 4.98 Å². The third-order valence-electron chi connectivity index (χ3n) is 3.21. The quantitative estimate of drug-likeness (QED) is 0.751. The lowest BCUT2D eigenvalue weighted by Crippen LogP contribution is -2.28. The Morgan fingerprint density at radius 3 is 2.96 bits per heavy atom. The highest BCUT2D eigenvalue weighted by Crippen LogP contribution is 2.26. The lowest BCUT2D eigenvalue weighted by molar-refractivity contribution is 0.0904. The van der Waals surface area contributed by atoms with E-state index < -0.39 is 6.10 Å². The normalized spacial score (nSPS) is 12.1. The highest BCUT2D eigenvalue weighted by Gasteiger charge is 2.18. The molecule has 0 saturated heterocycles. The molecule has 0 spiro atoms. The van der Waals surface area contributed by atoms with Crippen molar-refractivity contribution in [2.45, 2.75) is 13.0 Å². The fraction of sp³-hybridized carbons (Fsp3) is 0.188. The summed E-state index contributed by atoms with van der Waals surface area (Å²) < 4.78 is 5.10. The summed E-state index contributed by atoms with van der Waals surface area (Å²) in [5.41, 5.74) is 1.37. The Labute approximate surface area is 136 Å². The van der Waals surface area contributed by atoms with Crippen LogP contribution >= 0.6 is 11.3 Å². The Bertz CT molecular complexity index is 784. The maximum atomic E-state index is 12.3. The average Bonchev–Trinajstić information content (AvgIpc) is 3.23. The topological polar surface area (TPSA) is 88.2 Å². The zero-order chi connectivity index (χ0) is 16.2. The van der Waals surface area contributed by atoms with Gasteiger partial charge >= 0.3 is 0 Å². The van der Waals surface area contributed by atoms with E-state index in [0.717, 1.165) is 5.69 Å². The van der Waals surface area contributed by atoms with Crippen molar-refractivity contribution >= 4 is 17.2 Å². The minimum absolute atomic E-state index is 0.0720. The van der Waals surface area contributed by atoms with E-state index in [4.69, 9.17) is 4.42 Å². The molecule has 3 rings (SSSR count). The molecule has 3 aromatic rings. The van der Waals surface area contributed by atoms with Crippen LogP contribution in [0.3, 0.4) is 0 Å². The molecule has 0 aliphatic carbocycles. The van der Waals surface area contributed by atoms with E-state index >= 15 is 0 Å². The predicted molar refractivity (Wildman–Crippen MR) is 86.1 cm³/mol. The first-order chi connectivity index (χ1) is 11.1. The standard InChI is InChI=1S/C16H15N3O3S/c1-10-14(23-16(19-10)11-5-2-3-7-17-11)15(21)18-9-12(20)13-6-4-8-22-13/h2-8,12,20H,9H2,1H3,(H,18,21). The van der Waals surface area contributed by atoms with Gasteiger partial charge in [-0.15, -0.1) is 11.3 Å². The number of hydrogen-bond donors (Lipinski definition) is 2. The number of nitrogens with one attached hydrogen (secondary N) is 1. The minimum atomic E-state index is -0.877. The fourth-order valence-corrected chi connectivity index (χ4v) is 3.02. The Morgan fingerprint density at radius 2 is 2.26 bits per heavy atom. The van der Waals surface area contributed by atoms with Crippen LogP contribution in [0.5, 0.6) is 0 Å². The first-order valence-electron chi connectivity index (χ1n) is 7.03. The molecule has 0 bridgehead atoms. The number of amides is 1. The van der Waals surface area contributed by atoms with Crippen molar-refractivity contribution in [3.63, 3.8) is 0 Å². The van der Waals surface area contributed by atoms with Crippen LogP contribution in [0.2, 0.25) is 0 Å². The van der Waals surface area contributed by atoms with Gasteiger partial charge < -0.3 is 14.8 Å². The molecule has 7 heteroatoms. The lowest BCUT2D eigenvalue weighted by Gasteiger charge is -2.08. The number of thiazole rings is 1. The first-order valence-corrected chi connectivity index (χ1v) is 7.85. The van der Waals surface area contributed by atoms with Gasteiger partial charge in [0.15, 0.2) is 0 Å². The maximum absolute atomic E-state index is 12.3. The highest BCUT2D eigenvalue weighted by molar-refractivity contribution is 7.17. The molecule has 23 heavy (non-hydrogen) atoms. The third-order valence-corrected chi connectivity index (χ3v) is 4.39. The molecule has 0 radical (unpaired) electrons. The SMILES string of the molecule is Cc1nc(-c2ccccn2)sc1C(=O)NCC(O)c1ccco1. The van der Waals surface area contributed by atoms with E-state index in [0.29, 0.717) is 21.3 Å². The summed E-state index contributed by atoms with van der Waals surface area (Å²) in [4.78, 5) is 21.4. The monoisotopic (exact) mass is 329 g/mol. The molecule has 6 nitrogen and oxygen atoms in total. The second kappa shape index (κ2) is 6.72. The van der Waals surface area contributed by atoms with Crippen molar-refractivity contribution in [3.8, 4) is 10.7 Å². The molecular weight excluding hydrogens is 314 g/mol. The molecule has 1 amide bonds. The van der Waals surface area contributed by atoms with Crippen molar-refractivity contribution in [1.29, 1.82) is 0 Å². The number of carbonyl (C=O) groups is 1. The van der Waals surface area contributed by atoms with E-state index in [9.17, 15) is 9.90 Å². The maximum Gasteiger partial charge on any atom is 0.263 e. The number of pyridine rings is 1. The summed E-state index contributed by atoms with van der Waals surface area (Å²) >= 11 is 1.28. The Kier molecular flexibility index (Phi) is 4.50. The van der Waals surface area contributed by atoms with E-state index in [1.165, 1.54) is 17.6 Å². The number of rotatable bonds is 5. The first kappa shape index (κ1) is 15.4. The summed E-state index contributed by atoms with van der Waals surface area (Å²) in [6, 6.07) is 8.90. The molecule has 0 aliphatic heterocycles. The van der Waals surface area contributed by atoms with E-state index in [1.54, 1.807) is 25.3 Å². The van der Waals surface area contributed by atoms with E-state index in [2.05, 4.69) is 15.3 Å². The Balaban J connectivity index is 1.69. The number of aliphatic hydroxyl groups excluding tert-OH is 1. The summed E-state index contributed by atoms with van der Waals surface area (Å²) in [7, 11) is 0. The number of furan rings is 1. The van der Waals surface area contributed by atoms with Crippen LogP contribution in [-0.4, -0.2) is 27.5 Å². The molecular formula is C16H15N3O3S. The number of nitrogens with zero attached hydrogens (tertiary/aromatic N) is 2. The molecule has 1 atom stereocenters. The number of aromatic nitrogens is 2. The summed E-state index contributed by atoms with van der Waals surface area (Å²) in [5.74, 6) is 0.147. The minimum Gasteiger partial charge on any atom is -0.467 e. The van der Waals surface area contributed by atoms with Gasteiger partial charge in [-0.1, -0.05) is 6.07 Å². The number of hydrogen-bond acceptors (Lipinski definition) is 6. The van der Waals surface area contributed by atoms with Gasteiger partial charge in [0.05, 0.1) is 24.2 Å². The fourth-order valence-electron chi connectivity index (χ4n) is 2.06. The van der Waals surface area contributed by atoms with Crippen molar-refractivity contribution in [1.82, 2.24) is 15.3 Å². The smallest absolute Gasteiger partial charge is 0.263 e. The van der Waals surface area contributed by atoms with E-state index in [1.807, 2.05) is 18.2 Å². The van der Waals surface area contributed by atoms with E-state index in [-0.39, 0.29) is 12.5 Å². The zero-order valence-electron chi connectivity index (χ0n) is 12.4. The third kappa shape index (κ3) is 3.46. The van der Waals surface area contributed by atoms with Crippen molar-refractivity contribution in [2.24, 2.45) is 0 Å². The molecule has 2 N–H and O–H groups in total. The van der Waals surface area contributed by atoms with Gasteiger partial charge in [0.25, 0.3) is 5.91 Å². The number of aryl methyl sites for hydroxylation is 1. The molecule has 3 aromatic heterocycles. The van der Waals surface area contributed by atoms with Gasteiger partial charge in [0.2, 0.25) is 0 Å². The Morgan fingerprint density at radius 1 is 1.39 bits per heavy atom. The van der Waals surface area contributed by atoms with Gasteiger partial charge in [-0.3, -0.25) is 9.78 Å². The van der Waals surface area contributed by atoms with Crippen LogP contribution in [0.1, 0.15) is 27.2 Å². The second-order valence-corrected chi connectivity index (χ2v) is 5.89. The zero-order valence-corrected chi connectivity index (χ0v) is 13.2. The van der Waals surface area contributed by atoms with Gasteiger partial charge in [-0.2, -0.15) is 0 Å². The molecule has 0 fully saturated rings. The molecule has 3 heterocycles. The summed E-state index contributed by atoms with van der Waals surface area (Å²) in [5, 5.41) is 13.3. The van der Waals surface area contributed by atoms with Crippen LogP contribution in [0.4, 0.5) is 0 Å².